The fourth-order valence-corrected chi connectivity index (χ4v) is 4.31. The van der Waals surface area contributed by atoms with Crippen LogP contribution in [0.3, 0.4) is 0 Å². The molecule has 0 bridgehead atoms. The van der Waals surface area contributed by atoms with Gasteiger partial charge in [-0.1, -0.05) is 24.3 Å². The van der Waals surface area contributed by atoms with Crippen LogP contribution in [0, 0.1) is 5.92 Å². The van der Waals surface area contributed by atoms with E-state index in [2.05, 4.69) is 4.98 Å². The predicted octanol–water partition coefficient (Wildman–Crippen LogP) is 2.97. The number of imidazole rings is 1. The van der Waals surface area contributed by atoms with E-state index >= 15 is 0 Å². The first-order valence-electron chi connectivity index (χ1n) is 9.31. The van der Waals surface area contributed by atoms with E-state index in [0.29, 0.717) is 25.5 Å². The summed E-state index contributed by atoms with van der Waals surface area (Å²) in [6, 6.07) is 7.56. The minimum Gasteiger partial charge on any atom is -0.374 e. The lowest BCUT2D eigenvalue weighted by molar-refractivity contribution is -0.263. The van der Waals surface area contributed by atoms with Gasteiger partial charge in [0.2, 0.25) is 11.5 Å². The molecular formula is C20H22F3N3O2. The summed E-state index contributed by atoms with van der Waals surface area (Å²) in [7, 11) is 0. The highest BCUT2D eigenvalue weighted by atomic mass is 19.4. The van der Waals surface area contributed by atoms with Crippen molar-refractivity contribution in [3.63, 3.8) is 0 Å². The second kappa shape index (κ2) is 6.34. The molecule has 1 aliphatic carbocycles. The number of carbonyl (C=O) groups excluding carboxylic acids is 1. The first kappa shape index (κ1) is 19.0. The second-order valence-electron chi connectivity index (χ2n) is 7.95. The molecular weight excluding hydrogens is 371 g/mol. The summed E-state index contributed by atoms with van der Waals surface area (Å²) in [4.78, 5) is 18.6. The van der Waals surface area contributed by atoms with Gasteiger partial charge in [-0.05, 0) is 37.8 Å². The van der Waals surface area contributed by atoms with Crippen molar-refractivity contribution in [1.29, 1.82) is 0 Å². The first-order valence-corrected chi connectivity index (χ1v) is 9.31. The largest absolute Gasteiger partial charge is 0.424 e. The zero-order chi connectivity index (χ0) is 20.3. The van der Waals surface area contributed by atoms with Crippen LogP contribution in [0.5, 0.6) is 0 Å². The molecule has 1 aromatic carbocycles. The number of amides is 1. The Morgan fingerprint density at radius 2 is 1.82 bits per heavy atom. The highest BCUT2D eigenvalue weighted by molar-refractivity contribution is 5.80. The van der Waals surface area contributed by atoms with Crippen LogP contribution < -0.4 is 0 Å². The maximum atomic E-state index is 13.3. The normalized spacial score (nSPS) is 21.9. The number of benzene rings is 1. The lowest BCUT2D eigenvalue weighted by Gasteiger charge is -2.37. The van der Waals surface area contributed by atoms with Crippen molar-refractivity contribution in [2.45, 2.75) is 51.1 Å². The van der Waals surface area contributed by atoms with Crippen LogP contribution in [0.4, 0.5) is 13.2 Å². The lowest BCUT2D eigenvalue weighted by Crippen LogP contribution is -2.46. The van der Waals surface area contributed by atoms with Crippen LogP contribution in [-0.4, -0.2) is 38.2 Å². The maximum Gasteiger partial charge on any atom is 0.424 e. The van der Waals surface area contributed by atoms with Crippen LogP contribution >= 0.6 is 0 Å². The molecule has 1 N–H and O–H groups in total. The molecule has 5 nitrogen and oxygen atoms in total. The first-order chi connectivity index (χ1) is 13.1. The average Bonchev–Trinajstić information content (AvgIpc) is 3.24. The SMILES string of the molecule is C[C@H]1CN(C(=O)C2Cc3ccccc3C2)Cc2cnc([C@@](C)(O)C(F)(F)F)n21. The number of hydrogen-bond acceptors (Lipinski definition) is 3. The molecule has 0 saturated heterocycles. The smallest absolute Gasteiger partial charge is 0.374 e. The number of fused-ring (bicyclic) bond motifs is 2. The fourth-order valence-electron chi connectivity index (χ4n) is 4.31. The number of aliphatic hydroxyl groups is 1. The van der Waals surface area contributed by atoms with Crippen molar-refractivity contribution in [3.8, 4) is 0 Å². The van der Waals surface area contributed by atoms with Gasteiger partial charge in [0.15, 0.2) is 5.82 Å². The van der Waals surface area contributed by atoms with Crippen molar-refractivity contribution >= 4 is 5.91 Å². The zero-order valence-corrected chi connectivity index (χ0v) is 15.7. The molecule has 2 heterocycles. The Morgan fingerprint density at radius 3 is 2.39 bits per heavy atom. The molecule has 8 heteroatoms. The maximum absolute atomic E-state index is 13.3. The summed E-state index contributed by atoms with van der Waals surface area (Å²) >= 11 is 0. The molecule has 0 spiro atoms. The van der Waals surface area contributed by atoms with E-state index in [9.17, 15) is 23.1 Å². The zero-order valence-electron chi connectivity index (χ0n) is 15.7. The molecule has 150 valence electrons. The van der Waals surface area contributed by atoms with E-state index in [1.54, 1.807) is 11.8 Å². The molecule has 2 atom stereocenters. The highest BCUT2D eigenvalue weighted by Crippen LogP contribution is 2.40. The number of hydrogen-bond donors (Lipinski definition) is 1. The molecule has 0 radical (unpaired) electrons. The van der Waals surface area contributed by atoms with Crippen LogP contribution in [0.25, 0.3) is 0 Å². The molecule has 1 aromatic heterocycles. The molecule has 4 rings (SSSR count). The minimum absolute atomic E-state index is 0.0135. The Hall–Kier alpha value is -2.35. The molecule has 28 heavy (non-hydrogen) atoms. The summed E-state index contributed by atoms with van der Waals surface area (Å²) < 4.78 is 41.2. The third kappa shape index (κ3) is 2.90. The summed E-state index contributed by atoms with van der Waals surface area (Å²) in [5.41, 5.74) is -0.181. The van der Waals surface area contributed by atoms with E-state index in [1.165, 1.54) is 21.9 Å². The Balaban J connectivity index is 1.56. The number of halogens is 3. The van der Waals surface area contributed by atoms with Gasteiger partial charge in [0.25, 0.3) is 0 Å². The molecule has 1 aliphatic heterocycles. The van der Waals surface area contributed by atoms with Gasteiger partial charge >= 0.3 is 6.18 Å². The third-order valence-electron chi connectivity index (χ3n) is 5.85. The Labute approximate surface area is 160 Å². The predicted molar refractivity (Wildman–Crippen MR) is 95.3 cm³/mol. The van der Waals surface area contributed by atoms with Crippen LogP contribution in [0.1, 0.15) is 42.5 Å². The van der Waals surface area contributed by atoms with Crippen molar-refractivity contribution in [1.82, 2.24) is 14.5 Å². The Bertz CT molecular complexity index is 895. The van der Waals surface area contributed by atoms with Gasteiger partial charge in [0.05, 0.1) is 24.5 Å². The van der Waals surface area contributed by atoms with E-state index in [1.807, 2.05) is 24.3 Å². The van der Waals surface area contributed by atoms with Gasteiger partial charge in [-0.3, -0.25) is 4.79 Å². The van der Waals surface area contributed by atoms with E-state index in [4.69, 9.17) is 0 Å². The molecule has 2 aliphatic rings. The van der Waals surface area contributed by atoms with Crippen LogP contribution in [-0.2, 0) is 29.8 Å². The third-order valence-corrected chi connectivity index (χ3v) is 5.85. The topological polar surface area (TPSA) is 58.4 Å². The molecule has 2 aromatic rings. The Morgan fingerprint density at radius 1 is 1.21 bits per heavy atom. The van der Waals surface area contributed by atoms with Crippen LogP contribution in [0.15, 0.2) is 30.5 Å². The van der Waals surface area contributed by atoms with Gasteiger partial charge in [-0.2, -0.15) is 13.2 Å². The molecule has 1 amide bonds. The van der Waals surface area contributed by atoms with Gasteiger partial charge in [0.1, 0.15) is 0 Å². The number of carbonyl (C=O) groups is 1. The minimum atomic E-state index is -4.84. The number of nitrogens with zero attached hydrogens (tertiary/aromatic N) is 3. The van der Waals surface area contributed by atoms with Crippen molar-refractivity contribution in [2.75, 3.05) is 6.54 Å². The van der Waals surface area contributed by atoms with E-state index < -0.39 is 23.6 Å². The molecule has 0 unspecified atom stereocenters. The summed E-state index contributed by atoms with van der Waals surface area (Å²) in [5.74, 6) is -0.556. The quantitative estimate of drug-likeness (QED) is 0.854. The lowest BCUT2D eigenvalue weighted by atomic mass is 10.0. The fraction of sp³-hybridized carbons (Fsp3) is 0.500. The van der Waals surface area contributed by atoms with E-state index in [0.717, 1.165) is 0 Å². The number of rotatable bonds is 2. The summed E-state index contributed by atoms with van der Waals surface area (Å²) in [5, 5.41) is 10.0. The summed E-state index contributed by atoms with van der Waals surface area (Å²) in [6.07, 6.45) is -2.13. The number of aromatic nitrogens is 2. The van der Waals surface area contributed by atoms with E-state index in [-0.39, 0.29) is 24.9 Å². The van der Waals surface area contributed by atoms with Gasteiger partial charge in [-0.15, -0.1) is 0 Å². The van der Waals surface area contributed by atoms with Crippen LogP contribution in [0.2, 0.25) is 0 Å². The van der Waals surface area contributed by atoms with Gasteiger partial charge in [0, 0.05) is 12.5 Å². The number of alkyl halides is 3. The van der Waals surface area contributed by atoms with Crippen molar-refractivity contribution in [2.24, 2.45) is 5.92 Å². The monoisotopic (exact) mass is 393 g/mol. The molecule has 0 fully saturated rings. The Kier molecular flexibility index (Phi) is 4.30. The highest BCUT2D eigenvalue weighted by Gasteiger charge is 2.55. The second-order valence-corrected chi connectivity index (χ2v) is 7.95. The average molecular weight is 393 g/mol. The molecule has 0 saturated carbocycles. The standard InChI is InChI=1S/C20H22F3N3O2/c1-12-10-25(17(27)15-7-13-5-3-4-6-14(13)8-15)11-16-9-24-18(26(12)16)19(2,28)20(21,22)23/h3-6,9,12,15,28H,7-8,10-11H2,1-2H3/t12-,19+/m0/s1. The van der Waals surface area contributed by atoms with Crippen molar-refractivity contribution < 1.29 is 23.1 Å². The van der Waals surface area contributed by atoms with Gasteiger partial charge < -0.3 is 14.6 Å². The van der Waals surface area contributed by atoms with Crippen molar-refractivity contribution in [3.05, 3.63) is 53.1 Å². The van der Waals surface area contributed by atoms with Gasteiger partial charge in [-0.25, -0.2) is 4.98 Å². The summed E-state index contributed by atoms with van der Waals surface area (Å²) in [6.45, 7) is 2.93.